The predicted octanol–water partition coefficient (Wildman–Crippen LogP) is -0.369. The van der Waals surface area contributed by atoms with E-state index in [1.165, 1.54) is 12.5 Å². The van der Waals surface area contributed by atoms with Crippen LogP contribution in [0.1, 0.15) is 120 Å². The first-order valence-corrected chi connectivity index (χ1v) is 27.1. The quantitative estimate of drug-likeness (QED) is 0.0755. The van der Waals surface area contributed by atoms with Gasteiger partial charge in [-0.2, -0.15) is 0 Å². The number of hydrogen-bond donors (Lipinski definition) is 12. The van der Waals surface area contributed by atoms with Gasteiger partial charge in [-0.1, -0.05) is 60.1 Å². The van der Waals surface area contributed by atoms with Crippen molar-refractivity contribution in [3.63, 3.8) is 0 Å². The van der Waals surface area contributed by atoms with E-state index < -0.39 is 147 Å². The van der Waals surface area contributed by atoms with Gasteiger partial charge in [0.2, 0.25) is 6.29 Å². The Hall–Kier alpha value is -1.55. The summed E-state index contributed by atoms with van der Waals surface area (Å²) in [6.07, 6.45) is -19.2. The van der Waals surface area contributed by atoms with E-state index in [0.29, 0.717) is 32.1 Å². The molecule has 21 heteroatoms. The fraction of sp³-hybridized carbons (Fsp3) is 0.943. The molecule has 21 nitrogen and oxygen atoms in total. The standard InChI is InChI=1S/C53H86O21/c1-23-32(56)36(60)40(64)44(69-23)73-42-33(57)26(55)21-67-46(42)72-31-12-13-50(6)29(49(31,4)5)11-14-52(8)30(50)10-9-24-25-19-48(2,3)15-17-53(25,18-16-51(24,52)7)47(66)74-45-41(65)38(62)35(59)28(71-45)22-68-43-39(63)37(61)34(58)27(20-54)70-43/h9,23,25-46,54-65H,10-22H2,1-8H3/t23-,25-,26-,27+,28+,29?,30?,31-,32-,33-,34+,35+,36+,37-,38-,39+,40+,41+,42+,43+,44-,45-,46-,50-,51+,52+,53-/m0/s1. The van der Waals surface area contributed by atoms with Crippen LogP contribution in [0.3, 0.4) is 0 Å². The number of hydrogen-bond acceptors (Lipinski definition) is 21. The molecule has 0 amide bonds. The van der Waals surface area contributed by atoms with E-state index in [2.05, 4.69) is 54.5 Å². The second-order valence-corrected chi connectivity index (χ2v) is 25.8. The number of carbonyl (C=O) groups is 1. The molecule has 9 aliphatic rings. The largest absolute Gasteiger partial charge is 0.432 e. The number of fused-ring (bicyclic) bond motifs is 7. The van der Waals surface area contributed by atoms with Crippen molar-refractivity contribution in [2.75, 3.05) is 19.8 Å². The number of esters is 1. The van der Waals surface area contributed by atoms with Crippen LogP contribution < -0.4 is 0 Å². The molecular weight excluding hydrogens is 973 g/mol. The maximum absolute atomic E-state index is 15.1. The summed E-state index contributed by atoms with van der Waals surface area (Å²) in [5.74, 6) is -0.319. The zero-order valence-electron chi connectivity index (χ0n) is 44.1. The predicted molar refractivity (Wildman–Crippen MR) is 255 cm³/mol. The van der Waals surface area contributed by atoms with E-state index in [4.69, 9.17) is 37.9 Å². The molecule has 74 heavy (non-hydrogen) atoms. The van der Waals surface area contributed by atoms with Gasteiger partial charge in [-0.25, -0.2) is 0 Å². The van der Waals surface area contributed by atoms with Gasteiger partial charge >= 0.3 is 5.97 Å². The van der Waals surface area contributed by atoms with Crippen molar-refractivity contribution in [3.05, 3.63) is 11.6 Å². The lowest BCUT2D eigenvalue weighted by atomic mass is 9.33. The van der Waals surface area contributed by atoms with Gasteiger partial charge in [-0.3, -0.25) is 4.79 Å². The Morgan fingerprint density at radius 3 is 1.95 bits per heavy atom. The van der Waals surface area contributed by atoms with Crippen LogP contribution in [0.4, 0.5) is 0 Å². The summed E-state index contributed by atoms with van der Waals surface area (Å²) in [7, 11) is 0. The van der Waals surface area contributed by atoms with Crippen molar-refractivity contribution < 1.29 is 104 Å². The summed E-state index contributed by atoms with van der Waals surface area (Å²) in [6, 6.07) is 0. The second kappa shape index (κ2) is 20.5. The number of allylic oxidation sites excluding steroid dienone is 2. The third-order valence-electron chi connectivity index (χ3n) is 21.0. The molecule has 4 saturated carbocycles. The molecule has 0 aromatic rings. The Bertz CT molecular complexity index is 2040. The lowest BCUT2D eigenvalue weighted by Gasteiger charge is -2.71. The molecule has 9 rings (SSSR count). The summed E-state index contributed by atoms with van der Waals surface area (Å²) in [5, 5.41) is 127. The zero-order valence-corrected chi connectivity index (χ0v) is 44.1. The molecule has 424 valence electrons. The van der Waals surface area contributed by atoms with Crippen molar-refractivity contribution >= 4 is 5.97 Å². The van der Waals surface area contributed by atoms with Crippen LogP contribution >= 0.6 is 0 Å². The van der Waals surface area contributed by atoms with Crippen LogP contribution in [0.2, 0.25) is 0 Å². The first kappa shape index (κ1) is 57.1. The summed E-state index contributed by atoms with van der Waals surface area (Å²) < 4.78 is 47.8. The lowest BCUT2D eigenvalue weighted by molar-refractivity contribution is -0.364. The van der Waals surface area contributed by atoms with Gasteiger partial charge in [0, 0.05) is 0 Å². The summed E-state index contributed by atoms with van der Waals surface area (Å²) in [5.41, 5.74) is -0.885. The van der Waals surface area contributed by atoms with Crippen LogP contribution in [-0.4, -0.2) is 210 Å². The average molecular weight is 1060 g/mol. The van der Waals surface area contributed by atoms with Gasteiger partial charge in [0.15, 0.2) is 18.9 Å². The molecule has 4 saturated heterocycles. The first-order valence-electron chi connectivity index (χ1n) is 27.1. The van der Waals surface area contributed by atoms with Crippen LogP contribution in [0, 0.1) is 50.2 Å². The van der Waals surface area contributed by atoms with E-state index in [0.717, 1.165) is 32.1 Å². The highest BCUT2D eigenvalue weighted by molar-refractivity contribution is 5.79. The molecule has 0 bridgehead atoms. The van der Waals surface area contributed by atoms with Gasteiger partial charge < -0.3 is 99.2 Å². The fourth-order valence-electron chi connectivity index (χ4n) is 16.1. The van der Waals surface area contributed by atoms with E-state index in [9.17, 15) is 61.3 Å². The van der Waals surface area contributed by atoms with Crippen molar-refractivity contribution in [1.82, 2.24) is 0 Å². The van der Waals surface area contributed by atoms with Crippen molar-refractivity contribution in [2.45, 2.75) is 242 Å². The van der Waals surface area contributed by atoms with E-state index in [1.807, 2.05) is 0 Å². The molecular formula is C53H86O21. The normalized spacial score (nSPS) is 54.1. The topological polar surface area (TPSA) is 334 Å². The van der Waals surface area contributed by atoms with Gasteiger partial charge in [-0.15, -0.1) is 0 Å². The Labute approximate surface area is 433 Å². The smallest absolute Gasteiger partial charge is 0.315 e. The Morgan fingerprint density at radius 2 is 1.26 bits per heavy atom. The number of rotatable bonds is 10. The van der Waals surface area contributed by atoms with Gasteiger partial charge in [-0.05, 0) is 116 Å². The minimum Gasteiger partial charge on any atom is -0.432 e. The molecule has 0 aromatic carbocycles. The zero-order chi connectivity index (χ0) is 54.0. The Kier molecular flexibility index (Phi) is 15.8. The number of aliphatic hydroxyl groups excluding tert-OH is 12. The SMILES string of the molecule is C[C@@H]1O[C@@H](O[C@H]2[C@H](O[C@H]3CC[C@@]4(C)C(CC[C@]5(C)C4CC=C4[C@@H]6CC(C)(C)CC[C@]6(C(=O)O[C@@H]6O[C@H](CO[C@@H]7O[C@H](CO)[C@@H](O)[C@H](O)[C@H]7O)[C@@H](O)[C@H](O)[C@H]6O)CC[C@]45C)C3(C)C)OC[C@H](O)[C@@H]2O)[C@H](O)[C@H](O)[C@H]1O. The van der Waals surface area contributed by atoms with Gasteiger partial charge in [0.05, 0.1) is 37.4 Å². The van der Waals surface area contributed by atoms with Crippen LogP contribution in [-0.2, 0) is 42.7 Å². The minimum absolute atomic E-state index is 0.114. The molecule has 0 radical (unpaired) electrons. The molecule has 4 aliphatic heterocycles. The Morgan fingerprint density at radius 1 is 0.635 bits per heavy atom. The highest BCUT2D eigenvalue weighted by Crippen LogP contribution is 2.76. The fourth-order valence-corrected chi connectivity index (χ4v) is 16.1. The van der Waals surface area contributed by atoms with E-state index in [1.54, 1.807) is 0 Å². The van der Waals surface area contributed by atoms with Crippen LogP contribution in [0.25, 0.3) is 0 Å². The summed E-state index contributed by atoms with van der Waals surface area (Å²) >= 11 is 0. The maximum Gasteiger partial charge on any atom is 0.315 e. The molecule has 4 heterocycles. The summed E-state index contributed by atoms with van der Waals surface area (Å²) in [6.45, 7) is 16.2. The maximum atomic E-state index is 15.1. The number of carbonyl (C=O) groups excluding carboxylic acids is 1. The molecule has 0 spiro atoms. The number of aliphatic hydroxyl groups is 12. The number of ether oxygens (including phenoxy) is 8. The van der Waals surface area contributed by atoms with E-state index in [-0.39, 0.29) is 52.1 Å². The molecule has 2 unspecified atom stereocenters. The van der Waals surface area contributed by atoms with Crippen LogP contribution in [0.5, 0.6) is 0 Å². The minimum atomic E-state index is -1.82. The lowest BCUT2D eigenvalue weighted by Crippen LogP contribution is -2.66. The average Bonchev–Trinajstić information content (AvgIpc) is 3.35. The molecule has 5 aliphatic carbocycles. The third-order valence-corrected chi connectivity index (χ3v) is 21.0. The van der Waals surface area contributed by atoms with E-state index >= 15 is 4.79 Å². The Balaban J connectivity index is 0.920. The van der Waals surface area contributed by atoms with Crippen molar-refractivity contribution in [1.29, 1.82) is 0 Å². The molecule has 27 atom stereocenters. The van der Waals surface area contributed by atoms with Gasteiger partial charge in [0.25, 0.3) is 0 Å². The molecule has 8 fully saturated rings. The second-order valence-electron chi connectivity index (χ2n) is 25.8. The van der Waals surface area contributed by atoms with Crippen LogP contribution in [0.15, 0.2) is 11.6 Å². The molecule has 12 N–H and O–H groups in total. The highest BCUT2D eigenvalue weighted by atomic mass is 16.8. The van der Waals surface area contributed by atoms with Crippen molar-refractivity contribution in [2.24, 2.45) is 50.2 Å². The summed E-state index contributed by atoms with van der Waals surface area (Å²) in [4.78, 5) is 15.1. The first-order chi connectivity index (χ1) is 34.6. The highest BCUT2D eigenvalue weighted by Gasteiger charge is 2.70. The van der Waals surface area contributed by atoms with Gasteiger partial charge in [0.1, 0.15) is 85.5 Å². The third kappa shape index (κ3) is 9.27. The monoisotopic (exact) mass is 1060 g/mol. The van der Waals surface area contributed by atoms with Crippen molar-refractivity contribution in [3.8, 4) is 0 Å². The molecule has 0 aromatic heterocycles.